The van der Waals surface area contributed by atoms with Gasteiger partial charge in [-0.25, -0.2) is 0 Å². The summed E-state index contributed by atoms with van der Waals surface area (Å²) in [7, 11) is 0. The van der Waals surface area contributed by atoms with Gasteiger partial charge in [0, 0.05) is 12.5 Å². The zero-order chi connectivity index (χ0) is 14.5. The van der Waals surface area contributed by atoms with Crippen molar-refractivity contribution in [3.63, 3.8) is 0 Å². The van der Waals surface area contributed by atoms with Crippen molar-refractivity contribution in [1.29, 1.82) is 0 Å². The SMILES string of the molecule is CC(C)C[C@H](CN)CC(=O)NC1Cc2ccccc2C1. The summed E-state index contributed by atoms with van der Waals surface area (Å²) in [4.78, 5) is 12.1. The third kappa shape index (κ3) is 4.07. The van der Waals surface area contributed by atoms with E-state index < -0.39 is 0 Å². The van der Waals surface area contributed by atoms with Crippen molar-refractivity contribution in [3.8, 4) is 0 Å². The van der Waals surface area contributed by atoms with Crippen molar-refractivity contribution in [1.82, 2.24) is 5.32 Å². The summed E-state index contributed by atoms with van der Waals surface area (Å²) < 4.78 is 0. The first-order valence-corrected chi connectivity index (χ1v) is 7.64. The second kappa shape index (κ2) is 6.89. The Hall–Kier alpha value is -1.35. The van der Waals surface area contributed by atoms with Crippen molar-refractivity contribution in [3.05, 3.63) is 35.4 Å². The van der Waals surface area contributed by atoms with Gasteiger partial charge in [0.1, 0.15) is 0 Å². The minimum atomic E-state index is 0.152. The predicted molar refractivity (Wildman–Crippen MR) is 82.4 cm³/mol. The summed E-state index contributed by atoms with van der Waals surface area (Å²) in [6.45, 7) is 4.94. The van der Waals surface area contributed by atoms with Crippen LogP contribution in [0.1, 0.15) is 37.8 Å². The number of carbonyl (C=O) groups is 1. The van der Waals surface area contributed by atoms with Gasteiger partial charge in [-0.15, -0.1) is 0 Å². The lowest BCUT2D eigenvalue weighted by Crippen LogP contribution is -2.37. The van der Waals surface area contributed by atoms with E-state index in [-0.39, 0.29) is 11.9 Å². The van der Waals surface area contributed by atoms with E-state index in [1.807, 2.05) is 0 Å². The Bertz CT molecular complexity index is 431. The molecule has 0 aromatic heterocycles. The fraction of sp³-hybridized carbons (Fsp3) is 0.588. The molecular formula is C17H26N2O. The Morgan fingerprint density at radius 2 is 1.90 bits per heavy atom. The highest BCUT2D eigenvalue weighted by molar-refractivity contribution is 5.76. The van der Waals surface area contributed by atoms with Crippen LogP contribution in [-0.4, -0.2) is 18.5 Å². The monoisotopic (exact) mass is 274 g/mol. The minimum absolute atomic E-state index is 0.152. The van der Waals surface area contributed by atoms with Crippen LogP contribution in [0.15, 0.2) is 24.3 Å². The molecule has 0 saturated heterocycles. The number of nitrogens with two attached hydrogens (primary N) is 1. The number of carbonyl (C=O) groups excluding carboxylic acids is 1. The normalized spacial score (nSPS) is 16.2. The average molecular weight is 274 g/mol. The van der Waals surface area contributed by atoms with E-state index in [2.05, 4.69) is 43.4 Å². The topological polar surface area (TPSA) is 55.1 Å². The van der Waals surface area contributed by atoms with E-state index in [1.54, 1.807) is 0 Å². The number of hydrogen-bond acceptors (Lipinski definition) is 2. The van der Waals surface area contributed by atoms with Crippen molar-refractivity contribution in [2.75, 3.05) is 6.54 Å². The highest BCUT2D eigenvalue weighted by Gasteiger charge is 2.23. The molecule has 1 amide bonds. The third-order valence-corrected chi connectivity index (χ3v) is 4.03. The molecule has 1 aromatic rings. The molecule has 110 valence electrons. The van der Waals surface area contributed by atoms with Crippen LogP contribution in [0.2, 0.25) is 0 Å². The van der Waals surface area contributed by atoms with Crippen LogP contribution >= 0.6 is 0 Å². The molecule has 3 heteroatoms. The van der Waals surface area contributed by atoms with Gasteiger partial charge in [0.15, 0.2) is 0 Å². The Kier molecular flexibility index (Phi) is 5.18. The first-order valence-electron chi connectivity index (χ1n) is 7.64. The van der Waals surface area contributed by atoms with Crippen LogP contribution in [-0.2, 0) is 17.6 Å². The molecule has 0 aliphatic heterocycles. The van der Waals surface area contributed by atoms with Gasteiger partial charge >= 0.3 is 0 Å². The maximum absolute atomic E-state index is 12.1. The van der Waals surface area contributed by atoms with Gasteiger partial charge in [-0.05, 0) is 48.8 Å². The molecule has 2 rings (SSSR count). The first-order chi connectivity index (χ1) is 9.58. The highest BCUT2D eigenvalue weighted by atomic mass is 16.1. The number of benzene rings is 1. The van der Waals surface area contributed by atoms with Crippen LogP contribution < -0.4 is 11.1 Å². The van der Waals surface area contributed by atoms with E-state index in [4.69, 9.17) is 5.73 Å². The summed E-state index contributed by atoms with van der Waals surface area (Å²) in [5, 5.41) is 3.17. The number of nitrogens with one attached hydrogen (secondary N) is 1. The van der Waals surface area contributed by atoms with E-state index in [1.165, 1.54) is 11.1 Å². The molecule has 1 aromatic carbocycles. The second-order valence-corrected chi connectivity index (χ2v) is 6.38. The molecule has 0 spiro atoms. The fourth-order valence-electron chi connectivity index (χ4n) is 3.14. The van der Waals surface area contributed by atoms with Crippen LogP contribution in [0.25, 0.3) is 0 Å². The molecule has 0 heterocycles. The summed E-state index contributed by atoms with van der Waals surface area (Å²) in [6, 6.07) is 8.70. The van der Waals surface area contributed by atoms with E-state index >= 15 is 0 Å². The molecule has 3 N–H and O–H groups in total. The zero-order valence-electron chi connectivity index (χ0n) is 12.6. The van der Waals surface area contributed by atoms with Crippen molar-refractivity contribution in [2.45, 2.75) is 45.6 Å². The van der Waals surface area contributed by atoms with Crippen LogP contribution in [0, 0.1) is 11.8 Å². The molecule has 0 bridgehead atoms. The van der Waals surface area contributed by atoms with Gasteiger partial charge in [0.2, 0.25) is 5.91 Å². The molecule has 0 radical (unpaired) electrons. The number of rotatable bonds is 6. The van der Waals surface area contributed by atoms with E-state index in [9.17, 15) is 4.79 Å². The Morgan fingerprint density at radius 3 is 2.40 bits per heavy atom. The largest absolute Gasteiger partial charge is 0.353 e. The highest BCUT2D eigenvalue weighted by Crippen LogP contribution is 2.22. The summed E-state index contributed by atoms with van der Waals surface area (Å²) in [6.07, 6.45) is 3.50. The summed E-state index contributed by atoms with van der Waals surface area (Å²) in [5.41, 5.74) is 8.51. The molecule has 1 aliphatic carbocycles. The van der Waals surface area contributed by atoms with Crippen LogP contribution in [0.3, 0.4) is 0 Å². The van der Waals surface area contributed by atoms with E-state index in [0.29, 0.717) is 24.8 Å². The molecule has 20 heavy (non-hydrogen) atoms. The molecule has 1 atom stereocenters. The quantitative estimate of drug-likeness (QED) is 0.836. The Balaban J connectivity index is 1.81. The lowest BCUT2D eigenvalue weighted by molar-refractivity contribution is -0.122. The molecule has 0 fully saturated rings. The van der Waals surface area contributed by atoms with Crippen LogP contribution in [0.4, 0.5) is 0 Å². The summed E-state index contributed by atoms with van der Waals surface area (Å²) in [5.74, 6) is 1.05. The maximum atomic E-state index is 12.1. The predicted octanol–water partition coefficient (Wildman–Crippen LogP) is 2.28. The smallest absolute Gasteiger partial charge is 0.220 e. The Labute approximate surface area is 121 Å². The maximum Gasteiger partial charge on any atom is 0.220 e. The molecule has 0 saturated carbocycles. The first kappa shape index (κ1) is 15.0. The molecular weight excluding hydrogens is 248 g/mol. The molecule has 0 unspecified atom stereocenters. The van der Waals surface area contributed by atoms with Gasteiger partial charge < -0.3 is 11.1 Å². The lowest BCUT2D eigenvalue weighted by Gasteiger charge is -2.18. The number of fused-ring (bicyclic) bond motifs is 1. The van der Waals surface area contributed by atoms with Crippen molar-refractivity contribution >= 4 is 5.91 Å². The van der Waals surface area contributed by atoms with E-state index in [0.717, 1.165) is 19.3 Å². The fourth-order valence-corrected chi connectivity index (χ4v) is 3.14. The Morgan fingerprint density at radius 1 is 1.30 bits per heavy atom. The minimum Gasteiger partial charge on any atom is -0.353 e. The summed E-state index contributed by atoms with van der Waals surface area (Å²) >= 11 is 0. The number of amides is 1. The third-order valence-electron chi connectivity index (χ3n) is 4.03. The lowest BCUT2D eigenvalue weighted by atomic mass is 9.94. The van der Waals surface area contributed by atoms with Gasteiger partial charge in [-0.3, -0.25) is 4.79 Å². The standard InChI is InChI=1S/C17H26N2O/c1-12(2)7-13(11-18)8-17(20)19-16-9-14-5-3-4-6-15(14)10-16/h3-6,12-13,16H,7-11,18H2,1-2H3,(H,19,20)/t13-/m0/s1. The molecule has 1 aliphatic rings. The van der Waals surface area contributed by atoms with Gasteiger partial charge in [-0.2, -0.15) is 0 Å². The van der Waals surface area contributed by atoms with Crippen LogP contribution in [0.5, 0.6) is 0 Å². The molecule has 3 nitrogen and oxygen atoms in total. The van der Waals surface area contributed by atoms with Gasteiger partial charge in [0.25, 0.3) is 0 Å². The van der Waals surface area contributed by atoms with Gasteiger partial charge in [0.05, 0.1) is 0 Å². The van der Waals surface area contributed by atoms with Crippen molar-refractivity contribution < 1.29 is 4.79 Å². The second-order valence-electron chi connectivity index (χ2n) is 6.38. The zero-order valence-corrected chi connectivity index (χ0v) is 12.6. The number of hydrogen-bond donors (Lipinski definition) is 2. The average Bonchev–Trinajstić information content (AvgIpc) is 2.79. The van der Waals surface area contributed by atoms with Crippen molar-refractivity contribution in [2.24, 2.45) is 17.6 Å². The van der Waals surface area contributed by atoms with Gasteiger partial charge in [-0.1, -0.05) is 38.1 Å².